The van der Waals surface area contributed by atoms with Crippen molar-refractivity contribution in [3.05, 3.63) is 0 Å². The SMILES string of the molecule is NC(=O)C1CCCCN1C(=O)C1(C(=O)O)CC1. The first-order chi connectivity index (χ1) is 7.99. The van der Waals surface area contributed by atoms with Crippen molar-refractivity contribution in [1.29, 1.82) is 0 Å². The Bertz CT molecular complexity index is 376. The van der Waals surface area contributed by atoms with Crippen LogP contribution in [0.15, 0.2) is 0 Å². The number of rotatable bonds is 3. The second-order valence-electron chi connectivity index (χ2n) is 4.80. The summed E-state index contributed by atoms with van der Waals surface area (Å²) < 4.78 is 0. The first kappa shape index (κ1) is 11.9. The molecule has 0 bridgehead atoms. The molecule has 2 rings (SSSR count). The number of carboxylic acid groups (broad SMARTS) is 1. The second kappa shape index (κ2) is 4.01. The minimum absolute atomic E-state index is 0.364. The molecule has 0 spiro atoms. The van der Waals surface area contributed by atoms with Gasteiger partial charge in [0.1, 0.15) is 11.5 Å². The summed E-state index contributed by atoms with van der Waals surface area (Å²) in [4.78, 5) is 35.9. The lowest BCUT2D eigenvalue weighted by Crippen LogP contribution is -2.53. The third-order valence-corrected chi connectivity index (χ3v) is 3.66. The van der Waals surface area contributed by atoms with Gasteiger partial charge in [0.15, 0.2) is 0 Å². The van der Waals surface area contributed by atoms with E-state index < -0.39 is 29.2 Å². The Hall–Kier alpha value is -1.59. The normalized spacial score (nSPS) is 26.4. The highest BCUT2D eigenvalue weighted by Gasteiger charge is 2.59. The van der Waals surface area contributed by atoms with Gasteiger partial charge >= 0.3 is 5.97 Å². The number of nitrogens with two attached hydrogens (primary N) is 1. The highest BCUT2D eigenvalue weighted by molar-refractivity contribution is 6.06. The lowest BCUT2D eigenvalue weighted by atomic mass is 9.97. The zero-order valence-electron chi connectivity index (χ0n) is 9.52. The van der Waals surface area contributed by atoms with Crippen molar-refractivity contribution in [1.82, 2.24) is 4.90 Å². The number of carbonyl (C=O) groups is 3. The molecular weight excluding hydrogens is 224 g/mol. The quantitative estimate of drug-likeness (QED) is 0.662. The van der Waals surface area contributed by atoms with Crippen molar-refractivity contribution >= 4 is 17.8 Å². The third kappa shape index (κ3) is 1.87. The summed E-state index contributed by atoms with van der Waals surface area (Å²) in [5, 5.41) is 9.07. The molecule has 6 nitrogen and oxygen atoms in total. The van der Waals surface area contributed by atoms with Gasteiger partial charge in [0.25, 0.3) is 0 Å². The summed E-state index contributed by atoms with van der Waals surface area (Å²) in [6.07, 6.45) is 2.91. The number of piperidine rings is 1. The Morgan fingerprint density at radius 3 is 2.35 bits per heavy atom. The van der Waals surface area contributed by atoms with Gasteiger partial charge in [-0.05, 0) is 32.1 Å². The van der Waals surface area contributed by atoms with Crippen molar-refractivity contribution < 1.29 is 19.5 Å². The van der Waals surface area contributed by atoms with E-state index in [2.05, 4.69) is 0 Å². The fourth-order valence-corrected chi connectivity index (χ4v) is 2.39. The number of nitrogens with zero attached hydrogens (tertiary/aromatic N) is 1. The van der Waals surface area contributed by atoms with Crippen LogP contribution in [0.4, 0.5) is 0 Å². The standard InChI is InChI=1S/C11H16N2O4/c12-8(14)7-3-1-2-6-13(7)9(15)11(4-5-11)10(16)17/h7H,1-6H2,(H2,12,14)(H,16,17). The molecule has 0 radical (unpaired) electrons. The maximum Gasteiger partial charge on any atom is 0.319 e. The molecular formula is C11H16N2O4. The minimum atomic E-state index is -1.27. The van der Waals surface area contributed by atoms with Gasteiger partial charge in [-0.3, -0.25) is 14.4 Å². The molecule has 94 valence electrons. The average Bonchev–Trinajstić information content (AvgIpc) is 3.09. The predicted octanol–water partition coefficient (Wildman–Crippen LogP) is -0.282. The van der Waals surface area contributed by atoms with Gasteiger partial charge < -0.3 is 15.7 Å². The van der Waals surface area contributed by atoms with E-state index in [-0.39, 0.29) is 0 Å². The van der Waals surface area contributed by atoms with E-state index in [0.717, 1.165) is 12.8 Å². The van der Waals surface area contributed by atoms with E-state index in [9.17, 15) is 14.4 Å². The van der Waals surface area contributed by atoms with Crippen LogP contribution in [0.3, 0.4) is 0 Å². The maximum absolute atomic E-state index is 12.2. The highest BCUT2D eigenvalue weighted by atomic mass is 16.4. The van der Waals surface area contributed by atoms with E-state index in [4.69, 9.17) is 10.8 Å². The molecule has 2 fully saturated rings. The Kier molecular flexibility index (Phi) is 2.81. The van der Waals surface area contributed by atoms with Gasteiger partial charge in [0.2, 0.25) is 11.8 Å². The summed E-state index contributed by atoms with van der Waals surface area (Å²) in [5.74, 6) is -2.07. The molecule has 17 heavy (non-hydrogen) atoms. The third-order valence-electron chi connectivity index (χ3n) is 3.66. The summed E-state index contributed by atoms with van der Waals surface area (Å²) in [5.41, 5.74) is 3.98. The number of carboxylic acids is 1. The number of hydrogen-bond donors (Lipinski definition) is 2. The predicted molar refractivity (Wildman–Crippen MR) is 57.8 cm³/mol. The molecule has 3 N–H and O–H groups in total. The van der Waals surface area contributed by atoms with Crippen molar-refractivity contribution in [2.75, 3.05) is 6.54 Å². The fraction of sp³-hybridized carbons (Fsp3) is 0.727. The molecule has 0 aromatic carbocycles. The van der Waals surface area contributed by atoms with Gasteiger partial charge in [0.05, 0.1) is 0 Å². The van der Waals surface area contributed by atoms with E-state index in [1.54, 1.807) is 0 Å². The number of carbonyl (C=O) groups excluding carboxylic acids is 2. The van der Waals surface area contributed by atoms with E-state index >= 15 is 0 Å². The molecule has 6 heteroatoms. The second-order valence-corrected chi connectivity index (χ2v) is 4.80. The van der Waals surface area contributed by atoms with Crippen LogP contribution in [-0.2, 0) is 14.4 Å². The van der Waals surface area contributed by atoms with Gasteiger partial charge in [-0.2, -0.15) is 0 Å². The van der Waals surface area contributed by atoms with E-state index in [1.165, 1.54) is 4.90 Å². The summed E-state index contributed by atoms with van der Waals surface area (Å²) in [6.45, 7) is 0.432. The van der Waals surface area contributed by atoms with Crippen LogP contribution in [-0.4, -0.2) is 40.4 Å². The fourth-order valence-electron chi connectivity index (χ4n) is 2.39. The lowest BCUT2D eigenvalue weighted by molar-refractivity contribution is -0.157. The van der Waals surface area contributed by atoms with Crippen molar-refractivity contribution in [3.63, 3.8) is 0 Å². The van der Waals surface area contributed by atoms with E-state index in [1.807, 2.05) is 0 Å². The van der Waals surface area contributed by atoms with Crippen LogP contribution in [0.2, 0.25) is 0 Å². The summed E-state index contributed by atoms with van der Waals surface area (Å²) >= 11 is 0. The summed E-state index contributed by atoms with van der Waals surface area (Å²) in [6, 6.07) is -0.631. The molecule has 1 atom stereocenters. The average molecular weight is 240 g/mol. The Morgan fingerprint density at radius 2 is 1.88 bits per heavy atom. The molecule has 0 aromatic rings. The van der Waals surface area contributed by atoms with Gasteiger partial charge in [-0.25, -0.2) is 0 Å². The lowest BCUT2D eigenvalue weighted by Gasteiger charge is -2.35. The molecule has 2 amide bonds. The van der Waals surface area contributed by atoms with Crippen molar-refractivity contribution in [2.24, 2.45) is 11.1 Å². The molecule has 2 aliphatic rings. The molecule has 1 aliphatic heterocycles. The molecule has 1 heterocycles. The van der Waals surface area contributed by atoms with Crippen molar-refractivity contribution in [2.45, 2.75) is 38.1 Å². The van der Waals surface area contributed by atoms with Crippen LogP contribution in [0.25, 0.3) is 0 Å². The van der Waals surface area contributed by atoms with Gasteiger partial charge in [0, 0.05) is 6.54 Å². The van der Waals surface area contributed by atoms with Crippen LogP contribution >= 0.6 is 0 Å². The van der Waals surface area contributed by atoms with Crippen molar-refractivity contribution in [3.8, 4) is 0 Å². The Morgan fingerprint density at radius 1 is 1.24 bits per heavy atom. The first-order valence-corrected chi connectivity index (χ1v) is 5.83. The van der Waals surface area contributed by atoms with Crippen LogP contribution in [0.5, 0.6) is 0 Å². The zero-order chi connectivity index (χ0) is 12.6. The molecule has 0 aromatic heterocycles. The number of hydrogen-bond acceptors (Lipinski definition) is 3. The molecule has 1 unspecified atom stereocenters. The van der Waals surface area contributed by atoms with Gasteiger partial charge in [-0.1, -0.05) is 0 Å². The van der Waals surface area contributed by atoms with Crippen LogP contribution in [0.1, 0.15) is 32.1 Å². The summed E-state index contributed by atoms with van der Waals surface area (Å²) in [7, 11) is 0. The largest absolute Gasteiger partial charge is 0.480 e. The Labute approximate surface area is 98.8 Å². The first-order valence-electron chi connectivity index (χ1n) is 5.83. The zero-order valence-corrected chi connectivity index (χ0v) is 9.52. The number of amides is 2. The number of likely N-dealkylation sites (tertiary alicyclic amines) is 1. The van der Waals surface area contributed by atoms with E-state index in [0.29, 0.717) is 25.8 Å². The van der Waals surface area contributed by atoms with Crippen LogP contribution in [0, 0.1) is 5.41 Å². The minimum Gasteiger partial charge on any atom is -0.480 e. The number of aliphatic carboxylic acids is 1. The highest BCUT2D eigenvalue weighted by Crippen LogP contribution is 2.48. The number of primary amides is 1. The topological polar surface area (TPSA) is 101 Å². The molecule has 1 saturated heterocycles. The maximum atomic E-state index is 12.2. The Balaban J connectivity index is 2.17. The molecule has 1 saturated carbocycles. The smallest absolute Gasteiger partial charge is 0.319 e. The molecule has 1 aliphatic carbocycles. The van der Waals surface area contributed by atoms with Crippen LogP contribution < -0.4 is 5.73 Å². The van der Waals surface area contributed by atoms with Gasteiger partial charge in [-0.15, -0.1) is 0 Å². The monoisotopic (exact) mass is 240 g/mol.